The van der Waals surface area contributed by atoms with Crippen molar-refractivity contribution in [3.8, 4) is 11.3 Å². The lowest BCUT2D eigenvalue weighted by Crippen LogP contribution is -2.57. The quantitative estimate of drug-likeness (QED) is 0.593. The maximum atomic E-state index is 13.3. The number of nitrogens with one attached hydrogen (secondary N) is 1. The summed E-state index contributed by atoms with van der Waals surface area (Å²) in [5, 5.41) is 2.16. The molecule has 0 saturated carbocycles. The number of hydrogen-bond donors (Lipinski definition) is 1. The van der Waals surface area contributed by atoms with Crippen molar-refractivity contribution >= 4 is 22.4 Å². The molecule has 2 aromatic rings. The van der Waals surface area contributed by atoms with E-state index in [0.29, 0.717) is 22.8 Å². The third-order valence-corrected chi connectivity index (χ3v) is 4.41. The number of hydrogen-bond acceptors (Lipinski definition) is 3. The van der Waals surface area contributed by atoms with E-state index < -0.39 is 29.1 Å². The van der Waals surface area contributed by atoms with Crippen LogP contribution >= 0.6 is 11.3 Å². The molecule has 0 bridgehead atoms. The molecule has 3 nitrogen and oxygen atoms in total. The van der Waals surface area contributed by atoms with E-state index in [1.54, 1.807) is 12.1 Å². The van der Waals surface area contributed by atoms with E-state index in [9.17, 15) is 35.5 Å². The molecule has 0 spiro atoms. The van der Waals surface area contributed by atoms with Gasteiger partial charge in [0.2, 0.25) is 0 Å². The normalized spacial score (nSPS) is 13.1. The van der Waals surface area contributed by atoms with Crippen molar-refractivity contribution in [3.63, 3.8) is 0 Å². The fraction of sp³-hybridized carbons (Fsp3) is 0.412. The second kappa shape index (κ2) is 7.69. The van der Waals surface area contributed by atoms with Gasteiger partial charge in [-0.25, -0.2) is 4.98 Å². The number of alkyl halides is 7. The maximum absolute atomic E-state index is 13.3. The van der Waals surface area contributed by atoms with E-state index in [4.69, 9.17) is 0 Å². The molecule has 0 fully saturated rings. The highest BCUT2D eigenvalue weighted by Crippen LogP contribution is 2.47. The molecule has 1 heterocycles. The summed E-state index contributed by atoms with van der Waals surface area (Å²) in [6.07, 6.45) is -5.75. The van der Waals surface area contributed by atoms with Gasteiger partial charge in [0.15, 0.2) is 5.13 Å². The Morgan fingerprint density at radius 2 is 1.64 bits per heavy atom. The van der Waals surface area contributed by atoms with E-state index in [0.717, 1.165) is 12.0 Å². The minimum atomic E-state index is -6.58. The number of anilines is 1. The molecule has 2 rings (SSSR count). The number of carbonyl (C=O) groups excluding carboxylic acids is 1. The molecular formula is C17H15F7N2OS. The van der Waals surface area contributed by atoms with E-state index in [1.807, 2.05) is 26.0 Å². The van der Waals surface area contributed by atoms with Crippen LogP contribution in [-0.4, -0.2) is 28.9 Å². The van der Waals surface area contributed by atoms with Crippen molar-refractivity contribution in [1.29, 1.82) is 0 Å². The molecule has 0 unspecified atom stereocenters. The summed E-state index contributed by atoms with van der Waals surface area (Å²) in [6, 6.07) is 7.05. The summed E-state index contributed by atoms with van der Waals surface area (Å²) in [5.41, 5.74) is 1.87. The number of aromatic nitrogens is 1. The summed E-state index contributed by atoms with van der Waals surface area (Å²) in [7, 11) is 0. The Morgan fingerprint density at radius 1 is 1.07 bits per heavy atom. The first-order valence-corrected chi connectivity index (χ1v) is 8.82. The summed E-state index contributed by atoms with van der Waals surface area (Å²) in [4.78, 5) is 15.1. The molecular weight excluding hydrogens is 413 g/mol. The van der Waals surface area contributed by atoms with Crippen molar-refractivity contribution in [2.75, 3.05) is 5.32 Å². The van der Waals surface area contributed by atoms with Crippen molar-refractivity contribution in [2.45, 2.75) is 38.3 Å². The topological polar surface area (TPSA) is 42.0 Å². The molecule has 154 valence electrons. The first-order valence-electron chi connectivity index (χ1n) is 7.94. The summed E-state index contributed by atoms with van der Waals surface area (Å²) < 4.78 is 88.9. The van der Waals surface area contributed by atoms with E-state index in [-0.39, 0.29) is 5.69 Å². The third-order valence-electron chi connectivity index (χ3n) is 3.65. The Hall–Kier alpha value is -2.17. The molecule has 0 aliphatic rings. The van der Waals surface area contributed by atoms with Crippen LogP contribution in [-0.2, 0) is 11.2 Å². The highest BCUT2D eigenvalue weighted by atomic mass is 32.1. The first-order chi connectivity index (χ1) is 12.8. The van der Waals surface area contributed by atoms with Crippen molar-refractivity contribution in [1.82, 2.24) is 4.98 Å². The van der Waals surface area contributed by atoms with Gasteiger partial charge in [0, 0.05) is 10.9 Å². The molecule has 0 radical (unpaired) electrons. The molecule has 1 aromatic carbocycles. The molecule has 1 aromatic heterocycles. The maximum Gasteiger partial charge on any atom is 0.460 e. The standard InChI is InChI=1S/C17H15F7N2OS/c1-9(2)7-10-3-5-11(6-4-10)12-8-28-14(25-12)26-13(27)15(18,19)16(20,21)17(22,23)24/h3-6,8-9H,7H2,1-2H3,(H,25,26,27). The molecule has 0 aliphatic carbocycles. The molecule has 1 amide bonds. The number of benzene rings is 1. The van der Waals surface area contributed by atoms with Gasteiger partial charge in [0.05, 0.1) is 5.69 Å². The van der Waals surface area contributed by atoms with Crippen LogP contribution in [0.5, 0.6) is 0 Å². The zero-order valence-corrected chi connectivity index (χ0v) is 15.4. The van der Waals surface area contributed by atoms with Crippen molar-refractivity contribution in [2.24, 2.45) is 5.92 Å². The number of carbonyl (C=O) groups is 1. The van der Waals surface area contributed by atoms with Gasteiger partial charge in [-0.05, 0) is 17.9 Å². The van der Waals surface area contributed by atoms with Gasteiger partial charge in [0.25, 0.3) is 0 Å². The second-order valence-electron chi connectivity index (χ2n) is 6.43. The predicted molar refractivity (Wildman–Crippen MR) is 90.7 cm³/mol. The number of halogens is 7. The van der Waals surface area contributed by atoms with Crippen LogP contribution < -0.4 is 5.32 Å². The number of rotatable bonds is 6. The van der Waals surface area contributed by atoms with Crippen LogP contribution in [0.1, 0.15) is 19.4 Å². The number of amides is 1. The van der Waals surface area contributed by atoms with Gasteiger partial charge in [-0.15, -0.1) is 11.3 Å². The Balaban J connectivity index is 2.15. The second-order valence-corrected chi connectivity index (χ2v) is 7.29. The number of thiazole rings is 1. The zero-order valence-electron chi connectivity index (χ0n) is 14.6. The van der Waals surface area contributed by atoms with Crippen LogP contribution in [0.3, 0.4) is 0 Å². The van der Waals surface area contributed by atoms with Gasteiger partial charge >= 0.3 is 23.9 Å². The largest absolute Gasteiger partial charge is 0.460 e. The Kier molecular flexibility index (Phi) is 6.07. The molecule has 1 N–H and O–H groups in total. The van der Waals surface area contributed by atoms with Gasteiger partial charge in [-0.3, -0.25) is 10.1 Å². The van der Waals surface area contributed by atoms with Crippen LogP contribution in [0.2, 0.25) is 0 Å². The Labute approximate surface area is 159 Å². The lowest BCUT2D eigenvalue weighted by atomic mass is 10.0. The summed E-state index contributed by atoms with van der Waals surface area (Å²) in [5.74, 6) is -14.9. The highest BCUT2D eigenvalue weighted by Gasteiger charge is 2.76. The number of nitrogens with zero attached hydrogens (tertiary/aromatic N) is 1. The van der Waals surface area contributed by atoms with Gasteiger partial charge in [0.1, 0.15) is 0 Å². The minimum Gasteiger partial charge on any atom is -0.296 e. The summed E-state index contributed by atoms with van der Waals surface area (Å²) in [6.45, 7) is 4.09. The SMILES string of the molecule is CC(C)Cc1ccc(-c2csc(NC(=O)C(F)(F)C(F)(F)C(F)(F)F)n2)cc1. The Morgan fingerprint density at radius 3 is 2.14 bits per heavy atom. The monoisotopic (exact) mass is 428 g/mol. The molecule has 0 atom stereocenters. The molecule has 11 heteroatoms. The molecule has 0 aliphatic heterocycles. The average molecular weight is 428 g/mol. The highest BCUT2D eigenvalue weighted by molar-refractivity contribution is 7.14. The molecule has 0 saturated heterocycles. The van der Waals surface area contributed by atoms with Crippen LogP contribution in [0.25, 0.3) is 11.3 Å². The lowest BCUT2D eigenvalue weighted by molar-refractivity contribution is -0.343. The van der Waals surface area contributed by atoms with Gasteiger partial charge in [-0.1, -0.05) is 38.1 Å². The smallest absolute Gasteiger partial charge is 0.296 e. The van der Waals surface area contributed by atoms with Crippen molar-refractivity contribution < 1.29 is 35.5 Å². The van der Waals surface area contributed by atoms with E-state index in [1.165, 1.54) is 10.7 Å². The summed E-state index contributed by atoms with van der Waals surface area (Å²) >= 11 is 0.619. The fourth-order valence-corrected chi connectivity index (χ4v) is 2.96. The van der Waals surface area contributed by atoms with Crippen LogP contribution in [0.4, 0.5) is 35.9 Å². The van der Waals surface area contributed by atoms with Crippen LogP contribution in [0, 0.1) is 5.92 Å². The zero-order chi connectivity index (χ0) is 21.3. The lowest BCUT2D eigenvalue weighted by Gasteiger charge is -2.26. The predicted octanol–water partition coefficient (Wildman–Crippen LogP) is 5.78. The molecule has 28 heavy (non-hydrogen) atoms. The van der Waals surface area contributed by atoms with Crippen molar-refractivity contribution in [3.05, 3.63) is 35.2 Å². The van der Waals surface area contributed by atoms with E-state index in [2.05, 4.69) is 4.98 Å². The van der Waals surface area contributed by atoms with Gasteiger partial charge in [-0.2, -0.15) is 30.7 Å². The third kappa shape index (κ3) is 4.45. The van der Waals surface area contributed by atoms with E-state index >= 15 is 0 Å². The van der Waals surface area contributed by atoms with Gasteiger partial charge < -0.3 is 0 Å². The minimum absolute atomic E-state index is 0.252. The first kappa shape index (κ1) is 22.1. The van der Waals surface area contributed by atoms with Crippen LogP contribution in [0.15, 0.2) is 29.6 Å². The fourth-order valence-electron chi connectivity index (χ4n) is 2.24. The Bertz CT molecular complexity index is 829. The average Bonchev–Trinajstić information content (AvgIpc) is 3.02.